The van der Waals surface area contributed by atoms with E-state index in [9.17, 15) is 0 Å². The predicted molar refractivity (Wildman–Crippen MR) is 122 cm³/mol. The largest absolute Gasteiger partial charge is 0.497 e. The Hall–Kier alpha value is -3.85. The zero-order valence-corrected chi connectivity index (χ0v) is 16.9. The molecule has 0 saturated heterocycles. The van der Waals surface area contributed by atoms with Crippen LogP contribution in [0.1, 0.15) is 0 Å². The van der Waals surface area contributed by atoms with E-state index in [-0.39, 0.29) is 0 Å². The van der Waals surface area contributed by atoms with Crippen LogP contribution < -0.4 is 31.2 Å². The van der Waals surface area contributed by atoms with Gasteiger partial charge in [0.1, 0.15) is 5.75 Å². The summed E-state index contributed by atoms with van der Waals surface area (Å²) in [6.45, 7) is 0. The number of aromatic nitrogens is 2. The Kier molecular flexibility index (Phi) is 5.62. The third-order valence-electron chi connectivity index (χ3n) is 4.10. The van der Waals surface area contributed by atoms with Gasteiger partial charge in [-0.05, 0) is 42.3 Å². The molecule has 0 aliphatic heterocycles. The smallest absolute Gasteiger partial charge is 0.204 e. The molecule has 3 aromatic carbocycles. The van der Waals surface area contributed by atoms with Crippen LogP contribution >= 0.6 is 11.9 Å². The van der Waals surface area contributed by atoms with E-state index >= 15 is 0 Å². The van der Waals surface area contributed by atoms with E-state index in [1.54, 1.807) is 25.3 Å². The van der Waals surface area contributed by atoms with Gasteiger partial charge in [-0.25, -0.2) is 15.4 Å². The summed E-state index contributed by atoms with van der Waals surface area (Å²) in [7, 11) is 1.57. The van der Waals surface area contributed by atoms with Gasteiger partial charge >= 0.3 is 0 Å². The predicted octanol–water partition coefficient (Wildman–Crippen LogP) is 4.33. The van der Waals surface area contributed by atoms with Gasteiger partial charge in [-0.3, -0.25) is 0 Å². The molecule has 0 aliphatic carbocycles. The topological polar surface area (TPSA) is 120 Å². The van der Waals surface area contributed by atoms with Crippen LogP contribution in [0.3, 0.4) is 0 Å². The summed E-state index contributed by atoms with van der Waals surface area (Å²) in [5.74, 6) is 2.01. The van der Waals surface area contributed by atoms with Gasteiger partial charge in [0.15, 0.2) is 11.6 Å². The molecule has 8 nitrogen and oxygen atoms in total. The Labute approximate surface area is 177 Å². The molecule has 0 aliphatic rings. The third-order valence-corrected chi connectivity index (χ3v) is 4.88. The Morgan fingerprint density at radius 1 is 0.800 bits per heavy atom. The first kappa shape index (κ1) is 19.5. The molecule has 1 heterocycles. The zero-order chi connectivity index (χ0) is 20.9. The lowest BCUT2D eigenvalue weighted by molar-refractivity contribution is 0.388. The number of ether oxygens (including phenoxy) is 1. The lowest BCUT2D eigenvalue weighted by atomic mass is 10.3. The van der Waals surface area contributed by atoms with Crippen molar-refractivity contribution in [1.82, 2.24) is 9.97 Å². The zero-order valence-electron chi connectivity index (χ0n) is 16.1. The second-order valence-electron chi connectivity index (χ2n) is 6.33. The second-order valence-corrected chi connectivity index (χ2v) is 7.21. The Balaban J connectivity index is 1.60. The van der Waals surface area contributed by atoms with E-state index < -0.39 is 0 Å². The fourth-order valence-corrected chi connectivity index (χ4v) is 3.40. The molecule has 0 unspecified atom stereocenters. The van der Waals surface area contributed by atoms with Crippen molar-refractivity contribution >= 4 is 46.0 Å². The standard InChI is InChI=1S/C21H20N6O2S/c1-28-15-9-14(23)10-16(12-15)29-26-20-21(25-19-8-3-2-7-18(19)24-20)27-30-17-6-4-5-13(22)11-17/h2-12H,22-23H2,1H3,(H,24,26)(H,25,27). The van der Waals surface area contributed by atoms with Crippen LogP contribution in [0.25, 0.3) is 11.0 Å². The van der Waals surface area contributed by atoms with Gasteiger partial charge in [0.05, 0.1) is 18.1 Å². The molecule has 1 aromatic heterocycles. The maximum Gasteiger partial charge on any atom is 0.204 e. The molecule has 0 fully saturated rings. The van der Waals surface area contributed by atoms with Crippen molar-refractivity contribution < 1.29 is 9.57 Å². The molecule has 4 rings (SSSR count). The van der Waals surface area contributed by atoms with E-state index in [4.69, 9.17) is 21.0 Å². The summed E-state index contributed by atoms with van der Waals surface area (Å²) >= 11 is 1.37. The Bertz CT molecular complexity index is 1190. The summed E-state index contributed by atoms with van der Waals surface area (Å²) in [6.07, 6.45) is 0. The van der Waals surface area contributed by atoms with Crippen LogP contribution in [0.15, 0.2) is 71.6 Å². The highest BCUT2D eigenvalue weighted by atomic mass is 32.2. The molecule has 0 amide bonds. The molecule has 30 heavy (non-hydrogen) atoms. The fourth-order valence-electron chi connectivity index (χ4n) is 2.71. The van der Waals surface area contributed by atoms with Crippen molar-refractivity contribution in [3.63, 3.8) is 0 Å². The molecule has 4 aromatic rings. The molecular formula is C21H20N6O2S. The summed E-state index contributed by atoms with van der Waals surface area (Å²) in [6, 6.07) is 20.2. The molecule has 0 atom stereocenters. The Morgan fingerprint density at radius 2 is 1.53 bits per heavy atom. The minimum absolute atomic E-state index is 0.423. The van der Waals surface area contributed by atoms with Crippen LogP contribution in [-0.2, 0) is 0 Å². The molecule has 6 N–H and O–H groups in total. The highest BCUT2D eigenvalue weighted by Gasteiger charge is 2.11. The van der Waals surface area contributed by atoms with E-state index in [0.717, 1.165) is 15.9 Å². The number of hydrogen-bond acceptors (Lipinski definition) is 9. The number of fused-ring (bicyclic) bond motifs is 1. The molecular weight excluding hydrogens is 400 g/mol. The highest BCUT2D eigenvalue weighted by Crippen LogP contribution is 2.29. The number of para-hydroxylation sites is 2. The SMILES string of the molecule is COc1cc(N)cc(ONc2nc3ccccc3nc2NSc2cccc(N)c2)c1. The van der Waals surface area contributed by atoms with Crippen molar-refractivity contribution in [2.45, 2.75) is 4.90 Å². The minimum atomic E-state index is 0.423. The number of nitrogens with one attached hydrogen (secondary N) is 2. The highest BCUT2D eigenvalue weighted by molar-refractivity contribution is 8.00. The lowest BCUT2D eigenvalue weighted by Gasteiger charge is -2.14. The normalized spacial score (nSPS) is 10.6. The Morgan fingerprint density at radius 3 is 2.27 bits per heavy atom. The molecule has 0 saturated carbocycles. The van der Waals surface area contributed by atoms with Crippen LogP contribution in [0.5, 0.6) is 11.5 Å². The van der Waals surface area contributed by atoms with E-state index in [0.29, 0.717) is 34.5 Å². The number of benzene rings is 3. The van der Waals surface area contributed by atoms with Crippen molar-refractivity contribution in [3.8, 4) is 11.5 Å². The fraction of sp³-hybridized carbons (Fsp3) is 0.0476. The van der Waals surface area contributed by atoms with Gasteiger partial charge in [-0.2, -0.15) is 0 Å². The van der Waals surface area contributed by atoms with Crippen LogP contribution in [0, 0.1) is 0 Å². The lowest BCUT2D eigenvalue weighted by Crippen LogP contribution is -2.10. The molecule has 0 spiro atoms. The third kappa shape index (κ3) is 4.58. The van der Waals surface area contributed by atoms with Crippen LogP contribution in [-0.4, -0.2) is 17.1 Å². The first-order valence-electron chi connectivity index (χ1n) is 9.03. The molecule has 9 heteroatoms. The van der Waals surface area contributed by atoms with Gasteiger partial charge in [0, 0.05) is 34.5 Å². The summed E-state index contributed by atoms with van der Waals surface area (Å²) in [5.41, 5.74) is 17.3. The average Bonchev–Trinajstić information content (AvgIpc) is 2.75. The number of rotatable bonds is 7. The van der Waals surface area contributed by atoms with Gasteiger partial charge < -0.3 is 25.8 Å². The van der Waals surface area contributed by atoms with Crippen molar-refractivity contribution in [1.29, 1.82) is 0 Å². The molecule has 0 bridgehead atoms. The average molecular weight is 420 g/mol. The van der Waals surface area contributed by atoms with Crippen molar-refractivity contribution in [3.05, 3.63) is 66.7 Å². The molecule has 152 valence electrons. The van der Waals surface area contributed by atoms with Gasteiger partial charge in [0.2, 0.25) is 5.82 Å². The first-order chi connectivity index (χ1) is 14.6. The molecule has 0 radical (unpaired) electrons. The number of nitrogen functional groups attached to an aromatic ring is 2. The van der Waals surface area contributed by atoms with E-state index in [1.807, 2.05) is 48.5 Å². The van der Waals surface area contributed by atoms with Gasteiger partial charge in [-0.1, -0.05) is 18.2 Å². The number of hydrogen-bond donors (Lipinski definition) is 4. The number of anilines is 4. The van der Waals surface area contributed by atoms with Crippen molar-refractivity contribution in [2.24, 2.45) is 0 Å². The second kappa shape index (κ2) is 8.66. The van der Waals surface area contributed by atoms with Crippen LogP contribution in [0.2, 0.25) is 0 Å². The van der Waals surface area contributed by atoms with E-state index in [1.165, 1.54) is 11.9 Å². The summed E-state index contributed by atoms with van der Waals surface area (Å²) < 4.78 is 8.44. The van der Waals surface area contributed by atoms with Crippen LogP contribution in [0.4, 0.5) is 23.0 Å². The number of nitrogens with zero attached hydrogens (tertiary/aromatic N) is 2. The number of methoxy groups -OCH3 is 1. The maximum atomic E-state index is 5.89. The van der Waals surface area contributed by atoms with E-state index in [2.05, 4.69) is 20.2 Å². The quantitative estimate of drug-likeness (QED) is 0.197. The summed E-state index contributed by atoms with van der Waals surface area (Å²) in [4.78, 5) is 15.9. The first-order valence-corrected chi connectivity index (χ1v) is 9.85. The maximum absolute atomic E-state index is 5.89. The minimum Gasteiger partial charge on any atom is -0.497 e. The number of nitrogens with two attached hydrogens (primary N) is 2. The van der Waals surface area contributed by atoms with Gasteiger partial charge in [0.25, 0.3) is 0 Å². The van der Waals surface area contributed by atoms with Crippen molar-refractivity contribution in [2.75, 3.05) is 28.8 Å². The summed E-state index contributed by atoms with van der Waals surface area (Å²) in [5, 5.41) is 0. The van der Waals surface area contributed by atoms with Gasteiger partial charge in [-0.15, -0.1) is 0 Å². The monoisotopic (exact) mass is 420 g/mol.